The Hall–Kier alpha value is -0.570. The molecule has 0 fully saturated rings. The van der Waals surface area contributed by atoms with Crippen molar-refractivity contribution in [2.45, 2.75) is 6.54 Å². The van der Waals surface area contributed by atoms with Crippen LogP contribution in [0.2, 0.25) is 5.02 Å². The van der Waals surface area contributed by atoms with Crippen LogP contribution in [0.15, 0.2) is 0 Å². The Morgan fingerprint density at radius 3 is 3.00 bits per heavy atom. The van der Waals surface area contributed by atoms with Gasteiger partial charge in [0.2, 0.25) is 0 Å². The number of aromatic nitrogens is 2. The van der Waals surface area contributed by atoms with E-state index < -0.39 is 6.67 Å². The van der Waals surface area contributed by atoms with Gasteiger partial charge in [-0.05, 0) is 0 Å². The molecule has 0 aromatic carbocycles. The predicted octanol–water partition coefficient (Wildman–Crippen LogP) is 1.11. The van der Waals surface area contributed by atoms with Crippen LogP contribution in [0, 0.1) is 12.4 Å². The highest BCUT2D eigenvalue weighted by atomic mass is 35.5. The molecular weight excluding hydrogens is 143 g/mol. The maximum absolute atomic E-state index is 11.6. The molecular formula is C5H4ClFN2. The molecule has 0 atom stereocenters. The van der Waals surface area contributed by atoms with E-state index in [0.29, 0.717) is 5.02 Å². The van der Waals surface area contributed by atoms with Gasteiger partial charge < -0.3 is 0 Å². The van der Waals surface area contributed by atoms with Crippen LogP contribution in [0.1, 0.15) is 0 Å². The fraction of sp³-hybridized carbons (Fsp3) is 0.400. The second-order valence-corrected chi connectivity index (χ2v) is 1.83. The minimum atomic E-state index is -0.456. The molecule has 0 aliphatic heterocycles. The highest BCUT2D eigenvalue weighted by molar-refractivity contribution is 6.30. The minimum Gasteiger partial charge on any atom is -0.258 e. The molecule has 0 unspecified atom stereocenters. The van der Waals surface area contributed by atoms with E-state index in [2.05, 4.69) is 17.5 Å². The summed E-state index contributed by atoms with van der Waals surface area (Å²) in [6.45, 7) is -0.258. The first-order valence-electron chi connectivity index (χ1n) is 2.42. The summed E-state index contributed by atoms with van der Waals surface area (Å²) >= 11 is 5.38. The molecule has 0 aliphatic rings. The summed E-state index contributed by atoms with van der Waals surface area (Å²) in [4.78, 5) is 0. The molecule has 0 saturated heterocycles. The fourth-order valence-corrected chi connectivity index (χ4v) is 0.589. The zero-order chi connectivity index (χ0) is 6.69. The van der Waals surface area contributed by atoms with Crippen LogP contribution in [0.25, 0.3) is 0 Å². The van der Waals surface area contributed by atoms with Crippen molar-refractivity contribution in [2.24, 2.45) is 0 Å². The Morgan fingerprint density at radius 1 is 1.78 bits per heavy atom. The second kappa shape index (κ2) is 2.82. The second-order valence-electron chi connectivity index (χ2n) is 1.45. The molecule has 1 rings (SSSR count). The highest BCUT2D eigenvalue weighted by Gasteiger charge is 1.94. The molecule has 1 heterocycles. The van der Waals surface area contributed by atoms with Gasteiger partial charge in [0, 0.05) is 0 Å². The largest absolute Gasteiger partial charge is 0.258 e. The van der Waals surface area contributed by atoms with Crippen molar-refractivity contribution in [1.29, 1.82) is 0 Å². The molecule has 1 aromatic heterocycles. The maximum atomic E-state index is 11.6. The van der Waals surface area contributed by atoms with Gasteiger partial charge in [-0.2, -0.15) is 5.10 Å². The third-order valence-corrected chi connectivity index (χ3v) is 0.961. The Labute approximate surface area is 57.2 Å². The van der Waals surface area contributed by atoms with Gasteiger partial charge in [-0.1, -0.05) is 11.6 Å². The lowest BCUT2D eigenvalue weighted by atomic mass is 10.7. The van der Waals surface area contributed by atoms with E-state index in [1.54, 1.807) is 0 Å². The average molecular weight is 147 g/mol. The van der Waals surface area contributed by atoms with E-state index in [0.717, 1.165) is 0 Å². The molecule has 2 nitrogen and oxygen atoms in total. The number of hydrogen-bond acceptors (Lipinski definition) is 1. The van der Waals surface area contributed by atoms with Gasteiger partial charge >= 0.3 is 0 Å². The Morgan fingerprint density at radius 2 is 2.56 bits per heavy atom. The quantitative estimate of drug-likeness (QED) is 0.611. The normalized spacial score (nSPS) is 10.0. The number of aryl methyl sites for hydroxylation is 1. The lowest BCUT2D eigenvalue weighted by molar-refractivity contribution is 0.425. The standard InChI is InChI=1S/C5H4ClFN2/c6-5-3-8-9(4-5)2-1-7/h1-2H2. The van der Waals surface area contributed by atoms with Gasteiger partial charge in [-0.25, -0.2) is 4.39 Å². The number of halogens is 2. The van der Waals surface area contributed by atoms with E-state index in [4.69, 9.17) is 11.6 Å². The molecule has 0 spiro atoms. The molecule has 0 N–H and O–H groups in total. The van der Waals surface area contributed by atoms with Crippen LogP contribution in [0.4, 0.5) is 4.39 Å². The lowest BCUT2D eigenvalue weighted by Gasteiger charge is -1.89. The van der Waals surface area contributed by atoms with E-state index >= 15 is 0 Å². The molecule has 0 bridgehead atoms. The summed E-state index contributed by atoms with van der Waals surface area (Å²) in [6.07, 6.45) is 4.96. The monoisotopic (exact) mass is 146 g/mol. The minimum absolute atomic E-state index is 0.198. The van der Waals surface area contributed by atoms with E-state index in [9.17, 15) is 4.39 Å². The topological polar surface area (TPSA) is 17.8 Å². The predicted molar refractivity (Wildman–Crippen MR) is 30.9 cm³/mol. The summed E-state index contributed by atoms with van der Waals surface area (Å²) in [6, 6.07) is 0. The first-order chi connectivity index (χ1) is 4.33. The number of hydrogen-bond donors (Lipinski definition) is 0. The third-order valence-electron chi connectivity index (χ3n) is 0.792. The van der Waals surface area contributed by atoms with Crippen LogP contribution < -0.4 is 0 Å². The van der Waals surface area contributed by atoms with Crippen molar-refractivity contribution >= 4 is 11.6 Å². The average Bonchev–Trinajstić information content (AvgIpc) is 2.17. The fourth-order valence-electron chi connectivity index (χ4n) is 0.454. The Kier molecular flexibility index (Phi) is 2.05. The summed E-state index contributed by atoms with van der Waals surface area (Å²) in [5, 5.41) is 3.86. The first kappa shape index (κ1) is 6.55. The van der Waals surface area contributed by atoms with Crippen LogP contribution in [-0.4, -0.2) is 16.5 Å². The van der Waals surface area contributed by atoms with Crippen LogP contribution in [-0.2, 0) is 6.54 Å². The Bertz CT molecular complexity index is 187. The van der Waals surface area contributed by atoms with E-state index in [-0.39, 0.29) is 6.54 Å². The summed E-state index contributed by atoms with van der Waals surface area (Å²) in [5.41, 5.74) is 0. The smallest absolute Gasteiger partial charge is 0.133 e. The molecule has 0 saturated carbocycles. The highest BCUT2D eigenvalue weighted by Crippen LogP contribution is 2.01. The van der Waals surface area contributed by atoms with Crippen molar-refractivity contribution in [3.63, 3.8) is 0 Å². The Balaban J connectivity index is 2.61. The van der Waals surface area contributed by atoms with Crippen LogP contribution in [0.5, 0.6) is 0 Å². The first-order valence-corrected chi connectivity index (χ1v) is 2.80. The third kappa shape index (κ3) is 1.68. The zero-order valence-corrected chi connectivity index (χ0v) is 5.32. The molecule has 9 heavy (non-hydrogen) atoms. The molecule has 4 heteroatoms. The van der Waals surface area contributed by atoms with Crippen LogP contribution in [0.3, 0.4) is 0 Å². The molecule has 1 aromatic rings. The van der Waals surface area contributed by atoms with Gasteiger partial charge in [0.25, 0.3) is 0 Å². The molecule has 2 radical (unpaired) electrons. The maximum Gasteiger partial charge on any atom is 0.133 e. The van der Waals surface area contributed by atoms with Crippen molar-refractivity contribution in [1.82, 2.24) is 9.78 Å². The zero-order valence-electron chi connectivity index (χ0n) is 4.56. The van der Waals surface area contributed by atoms with Gasteiger partial charge in [-0.3, -0.25) is 4.68 Å². The van der Waals surface area contributed by atoms with Gasteiger partial charge in [0.1, 0.15) is 19.1 Å². The van der Waals surface area contributed by atoms with Gasteiger partial charge in [0.15, 0.2) is 0 Å². The van der Waals surface area contributed by atoms with E-state index in [1.807, 2.05) is 0 Å². The van der Waals surface area contributed by atoms with Crippen molar-refractivity contribution in [3.8, 4) is 0 Å². The van der Waals surface area contributed by atoms with E-state index in [1.165, 1.54) is 4.68 Å². The number of rotatable bonds is 2. The van der Waals surface area contributed by atoms with Crippen molar-refractivity contribution in [2.75, 3.05) is 6.67 Å². The number of nitrogens with zero attached hydrogens (tertiary/aromatic N) is 2. The lowest BCUT2D eigenvalue weighted by Crippen LogP contribution is -1.99. The summed E-state index contributed by atoms with van der Waals surface area (Å²) < 4.78 is 12.8. The van der Waals surface area contributed by atoms with Crippen LogP contribution >= 0.6 is 11.6 Å². The van der Waals surface area contributed by atoms with Crippen molar-refractivity contribution in [3.05, 3.63) is 17.4 Å². The molecule has 0 amide bonds. The molecule has 0 aliphatic carbocycles. The summed E-state index contributed by atoms with van der Waals surface area (Å²) in [7, 11) is 0. The van der Waals surface area contributed by atoms with Gasteiger partial charge in [0.05, 0.1) is 11.6 Å². The van der Waals surface area contributed by atoms with Crippen molar-refractivity contribution < 1.29 is 4.39 Å². The van der Waals surface area contributed by atoms with Gasteiger partial charge in [-0.15, -0.1) is 0 Å². The molecule has 48 valence electrons. The number of alkyl halides is 1. The SMILES string of the molecule is FCCn1[c]c(Cl)[c]n1. The summed E-state index contributed by atoms with van der Waals surface area (Å²) in [5.74, 6) is 0.